The third-order valence-corrected chi connectivity index (χ3v) is 3.84. The maximum absolute atomic E-state index is 5.91. The fourth-order valence-corrected chi connectivity index (χ4v) is 2.90. The van der Waals surface area contributed by atoms with Crippen LogP contribution in [-0.4, -0.2) is 23.5 Å². The molecule has 1 aliphatic heterocycles. The summed E-state index contributed by atoms with van der Waals surface area (Å²) in [6, 6.07) is 0. The standard InChI is InChI=1S/C7H14N4O/c8-6(9)2-1-3(7(6,10)11)5-4(2)12-5/h2-5H,1,8-11H2. The number of nitrogens with two attached hydrogens (primary N) is 4. The Bertz CT molecular complexity index is 228. The normalized spacial score (nSPS) is 57.0. The average Bonchev–Trinajstić information content (AvgIpc) is 2.58. The predicted molar refractivity (Wildman–Crippen MR) is 42.5 cm³/mol. The van der Waals surface area contributed by atoms with Gasteiger partial charge in [-0.25, -0.2) is 0 Å². The fourth-order valence-electron chi connectivity index (χ4n) is 2.90. The molecule has 1 heterocycles. The Hall–Kier alpha value is -0.200. The number of ether oxygens (including phenoxy) is 1. The topological polar surface area (TPSA) is 117 Å². The Morgan fingerprint density at radius 2 is 1.33 bits per heavy atom. The van der Waals surface area contributed by atoms with Gasteiger partial charge in [-0.05, 0) is 6.42 Å². The Morgan fingerprint density at radius 3 is 1.67 bits per heavy atom. The first kappa shape index (κ1) is 7.23. The summed E-state index contributed by atoms with van der Waals surface area (Å²) in [5.74, 6) is 0.310. The molecule has 3 fully saturated rings. The van der Waals surface area contributed by atoms with Crippen LogP contribution in [-0.2, 0) is 4.74 Å². The number of rotatable bonds is 0. The molecule has 0 spiro atoms. The van der Waals surface area contributed by atoms with E-state index in [1.165, 1.54) is 0 Å². The van der Waals surface area contributed by atoms with Gasteiger partial charge in [0.25, 0.3) is 0 Å². The van der Waals surface area contributed by atoms with Crippen molar-refractivity contribution in [3.63, 3.8) is 0 Å². The van der Waals surface area contributed by atoms with Gasteiger partial charge < -0.3 is 27.7 Å². The highest BCUT2D eigenvalue weighted by atomic mass is 16.6. The van der Waals surface area contributed by atoms with E-state index >= 15 is 0 Å². The number of fused-ring (bicyclic) bond motifs is 5. The van der Waals surface area contributed by atoms with Crippen LogP contribution in [0.3, 0.4) is 0 Å². The van der Waals surface area contributed by atoms with Crippen LogP contribution >= 0.6 is 0 Å². The zero-order chi connectivity index (χ0) is 8.72. The minimum absolute atomic E-state index is 0.155. The van der Waals surface area contributed by atoms with Crippen molar-refractivity contribution in [2.24, 2.45) is 34.8 Å². The predicted octanol–water partition coefficient (Wildman–Crippen LogP) is -2.37. The summed E-state index contributed by atoms with van der Waals surface area (Å²) in [5, 5.41) is 0. The van der Waals surface area contributed by atoms with Gasteiger partial charge in [-0.3, -0.25) is 0 Å². The van der Waals surface area contributed by atoms with Crippen molar-refractivity contribution >= 4 is 0 Å². The molecule has 3 aliphatic rings. The molecular weight excluding hydrogens is 156 g/mol. The maximum atomic E-state index is 5.91. The fraction of sp³-hybridized carbons (Fsp3) is 1.00. The van der Waals surface area contributed by atoms with E-state index in [2.05, 4.69) is 0 Å². The van der Waals surface area contributed by atoms with Gasteiger partial charge in [-0.2, -0.15) is 0 Å². The second-order valence-corrected chi connectivity index (χ2v) is 4.38. The van der Waals surface area contributed by atoms with Crippen molar-refractivity contribution in [2.45, 2.75) is 30.0 Å². The molecule has 5 heteroatoms. The van der Waals surface area contributed by atoms with Crippen LogP contribution in [0.15, 0.2) is 0 Å². The van der Waals surface area contributed by atoms with E-state index in [0.29, 0.717) is 0 Å². The van der Waals surface area contributed by atoms with E-state index in [1.54, 1.807) is 0 Å². The van der Waals surface area contributed by atoms with E-state index in [4.69, 9.17) is 27.7 Å². The van der Waals surface area contributed by atoms with E-state index in [1.807, 2.05) is 0 Å². The lowest BCUT2D eigenvalue weighted by Gasteiger charge is -2.41. The first-order chi connectivity index (χ1) is 5.46. The highest BCUT2D eigenvalue weighted by Gasteiger charge is 2.75. The third-order valence-electron chi connectivity index (χ3n) is 3.84. The van der Waals surface area contributed by atoms with Crippen molar-refractivity contribution in [3.05, 3.63) is 0 Å². The van der Waals surface area contributed by atoms with E-state index in [9.17, 15) is 0 Å². The van der Waals surface area contributed by atoms with Gasteiger partial charge in [0.15, 0.2) is 0 Å². The Labute approximate surface area is 70.4 Å². The molecule has 0 aromatic heterocycles. The summed E-state index contributed by atoms with van der Waals surface area (Å²) in [7, 11) is 0. The van der Waals surface area contributed by atoms with Crippen LogP contribution in [0.4, 0.5) is 0 Å². The SMILES string of the molecule is NC1(N)C2CC(C3OC32)C1(N)N. The van der Waals surface area contributed by atoms with Gasteiger partial charge >= 0.3 is 0 Å². The van der Waals surface area contributed by atoms with E-state index < -0.39 is 11.3 Å². The molecule has 3 rings (SSSR count). The third kappa shape index (κ3) is 0.504. The summed E-state index contributed by atoms with van der Waals surface area (Å²) >= 11 is 0. The molecule has 68 valence electrons. The van der Waals surface area contributed by atoms with Crippen LogP contribution in [0.1, 0.15) is 6.42 Å². The minimum Gasteiger partial charge on any atom is -0.369 e. The first-order valence-corrected chi connectivity index (χ1v) is 4.27. The molecule has 0 aromatic carbocycles. The van der Waals surface area contributed by atoms with Gasteiger partial charge in [0.1, 0.15) is 11.3 Å². The minimum atomic E-state index is -0.949. The Kier molecular flexibility index (Phi) is 0.938. The molecule has 2 saturated carbocycles. The molecule has 12 heavy (non-hydrogen) atoms. The molecule has 4 unspecified atom stereocenters. The molecule has 8 N–H and O–H groups in total. The summed E-state index contributed by atoms with van der Waals surface area (Å²) in [6.45, 7) is 0. The lowest BCUT2D eigenvalue weighted by atomic mass is 9.81. The summed E-state index contributed by atoms with van der Waals surface area (Å²) in [6.07, 6.45) is 1.41. The van der Waals surface area contributed by atoms with Gasteiger partial charge in [0.2, 0.25) is 0 Å². The lowest BCUT2D eigenvalue weighted by molar-refractivity contribution is 0.166. The van der Waals surface area contributed by atoms with Crippen molar-refractivity contribution in [3.8, 4) is 0 Å². The molecular formula is C7H14N4O. The lowest BCUT2D eigenvalue weighted by Crippen LogP contribution is -2.79. The van der Waals surface area contributed by atoms with Crippen LogP contribution in [0.5, 0.6) is 0 Å². The molecule has 2 bridgehead atoms. The van der Waals surface area contributed by atoms with Crippen molar-refractivity contribution < 1.29 is 4.74 Å². The monoisotopic (exact) mass is 170 g/mol. The molecule has 0 radical (unpaired) electrons. The van der Waals surface area contributed by atoms with E-state index in [-0.39, 0.29) is 24.0 Å². The number of epoxide rings is 1. The second-order valence-electron chi connectivity index (χ2n) is 4.38. The highest BCUT2D eigenvalue weighted by Crippen LogP contribution is 2.59. The Morgan fingerprint density at radius 1 is 0.917 bits per heavy atom. The Balaban J connectivity index is 2.07. The van der Waals surface area contributed by atoms with Gasteiger partial charge in [0.05, 0.1) is 12.2 Å². The average molecular weight is 170 g/mol. The quantitative estimate of drug-likeness (QED) is 0.239. The summed E-state index contributed by atoms with van der Waals surface area (Å²) < 4.78 is 5.39. The van der Waals surface area contributed by atoms with Crippen molar-refractivity contribution in [1.29, 1.82) is 0 Å². The van der Waals surface area contributed by atoms with Gasteiger partial charge in [-0.1, -0.05) is 0 Å². The molecule has 0 amide bonds. The van der Waals surface area contributed by atoms with Crippen LogP contribution in [0.25, 0.3) is 0 Å². The number of hydrogen-bond acceptors (Lipinski definition) is 5. The molecule has 4 atom stereocenters. The summed E-state index contributed by atoms with van der Waals surface area (Å²) in [4.78, 5) is 0. The zero-order valence-corrected chi connectivity index (χ0v) is 6.73. The second kappa shape index (κ2) is 1.56. The van der Waals surface area contributed by atoms with Crippen molar-refractivity contribution in [1.82, 2.24) is 0 Å². The highest BCUT2D eigenvalue weighted by molar-refractivity contribution is 5.27. The first-order valence-electron chi connectivity index (χ1n) is 4.27. The zero-order valence-electron chi connectivity index (χ0n) is 6.73. The maximum Gasteiger partial charge on any atom is 0.101 e. The van der Waals surface area contributed by atoms with E-state index in [0.717, 1.165) is 6.42 Å². The summed E-state index contributed by atoms with van der Waals surface area (Å²) in [5.41, 5.74) is 21.7. The van der Waals surface area contributed by atoms with Crippen LogP contribution in [0, 0.1) is 11.8 Å². The number of hydrogen-bond donors (Lipinski definition) is 4. The van der Waals surface area contributed by atoms with Gasteiger partial charge in [0, 0.05) is 11.8 Å². The van der Waals surface area contributed by atoms with Gasteiger partial charge in [-0.15, -0.1) is 0 Å². The van der Waals surface area contributed by atoms with Crippen LogP contribution < -0.4 is 22.9 Å². The molecule has 5 nitrogen and oxygen atoms in total. The largest absolute Gasteiger partial charge is 0.369 e. The molecule has 0 aromatic rings. The van der Waals surface area contributed by atoms with Crippen LogP contribution in [0.2, 0.25) is 0 Å². The molecule has 2 aliphatic carbocycles. The smallest absolute Gasteiger partial charge is 0.101 e. The molecule has 1 saturated heterocycles. The van der Waals surface area contributed by atoms with Crippen molar-refractivity contribution in [2.75, 3.05) is 0 Å².